The first kappa shape index (κ1) is 19.3. The second kappa shape index (κ2) is 7.26. The molecule has 0 bridgehead atoms. The molecule has 1 aliphatic heterocycles. The van der Waals surface area contributed by atoms with Gasteiger partial charge in [0.05, 0.1) is 12.0 Å². The van der Waals surface area contributed by atoms with Crippen LogP contribution in [-0.2, 0) is 9.53 Å². The van der Waals surface area contributed by atoms with E-state index >= 15 is 0 Å². The predicted octanol–water partition coefficient (Wildman–Crippen LogP) is 3.84. The molecule has 0 unspecified atom stereocenters. The molecular formula is C21H20N2O5. The molecule has 0 spiro atoms. The second-order valence-electron chi connectivity index (χ2n) is 7.19. The van der Waals surface area contributed by atoms with Gasteiger partial charge >= 0.3 is 11.9 Å². The van der Waals surface area contributed by atoms with Crippen LogP contribution in [0.3, 0.4) is 0 Å². The molecule has 144 valence electrons. The van der Waals surface area contributed by atoms with Gasteiger partial charge in [0.15, 0.2) is 11.6 Å². The lowest BCUT2D eigenvalue weighted by Gasteiger charge is -2.21. The number of amidine groups is 1. The number of fused-ring (bicyclic) bond motifs is 1. The third kappa shape index (κ3) is 3.93. The van der Waals surface area contributed by atoms with Crippen molar-refractivity contribution < 1.29 is 23.8 Å². The Morgan fingerprint density at radius 2 is 1.79 bits per heavy atom. The molecule has 3 rings (SSSR count). The van der Waals surface area contributed by atoms with Crippen LogP contribution in [0.1, 0.15) is 49.4 Å². The quantitative estimate of drug-likeness (QED) is 0.495. The van der Waals surface area contributed by atoms with Crippen molar-refractivity contribution in [2.45, 2.75) is 33.3 Å². The fourth-order valence-electron chi connectivity index (χ4n) is 2.68. The van der Waals surface area contributed by atoms with Crippen LogP contribution in [0.25, 0.3) is 0 Å². The number of allylic oxidation sites excluding steroid dienone is 1. The average Bonchev–Trinajstić information content (AvgIpc) is 3.23. The number of furan rings is 1. The summed E-state index contributed by atoms with van der Waals surface area (Å²) in [7, 11) is 0. The maximum Gasteiger partial charge on any atom is 0.344 e. The number of amides is 1. The SMILES string of the molecule is C/C(O)=C(\C(=O)OC(C)(C)C)C1=NC(=NC(=O)c2ccco2)c2ccccc21. The highest BCUT2D eigenvalue weighted by atomic mass is 16.6. The number of esters is 1. The van der Waals surface area contributed by atoms with Crippen molar-refractivity contribution in [2.24, 2.45) is 9.98 Å². The highest BCUT2D eigenvalue weighted by Crippen LogP contribution is 2.26. The molecule has 7 nitrogen and oxygen atoms in total. The summed E-state index contributed by atoms with van der Waals surface area (Å²) in [5.41, 5.74) is 0.527. The third-order valence-corrected chi connectivity index (χ3v) is 3.78. The summed E-state index contributed by atoms with van der Waals surface area (Å²) in [6.45, 7) is 6.57. The van der Waals surface area contributed by atoms with Crippen LogP contribution in [0, 0.1) is 0 Å². The highest BCUT2D eigenvalue weighted by molar-refractivity contribution is 6.36. The van der Waals surface area contributed by atoms with E-state index in [0.29, 0.717) is 11.1 Å². The van der Waals surface area contributed by atoms with E-state index in [1.807, 2.05) is 0 Å². The van der Waals surface area contributed by atoms with Crippen LogP contribution in [0.15, 0.2) is 68.4 Å². The van der Waals surface area contributed by atoms with E-state index < -0.39 is 17.5 Å². The number of aliphatic hydroxyl groups excluding tert-OH is 1. The molecule has 28 heavy (non-hydrogen) atoms. The van der Waals surface area contributed by atoms with E-state index in [4.69, 9.17) is 9.15 Å². The van der Waals surface area contributed by atoms with Gasteiger partial charge in [-0.15, -0.1) is 0 Å². The molecule has 1 aromatic carbocycles. The molecule has 0 fully saturated rings. The van der Waals surface area contributed by atoms with Crippen molar-refractivity contribution in [3.8, 4) is 0 Å². The Morgan fingerprint density at radius 3 is 2.36 bits per heavy atom. The number of benzene rings is 1. The van der Waals surface area contributed by atoms with Gasteiger partial charge in [-0.05, 0) is 39.8 Å². The first-order valence-corrected chi connectivity index (χ1v) is 8.66. The minimum absolute atomic E-state index is 0.0713. The molecule has 0 aliphatic carbocycles. The number of aliphatic hydroxyl groups is 1. The highest BCUT2D eigenvalue weighted by Gasteiger charge is 2.32. The fraction of sp³-hybridized carbons (Fsp3) is 0.238. The molecule has 0 radical (unpaired) electrons. The Kier molecular flexibility index (Phi) is 5.00. The summed E-state index contributed by atoms with van der Waals surface area (Å²) in [5.74, 6) is -1.33. The largest absolute Gasteiger partial charge is 0.512 e. The Labute approximate surface area is 162 Å². The average molecular weight is 380 g/mol. The van der Waals surface area contributed by atoms with E-state index in [-0.39, 0.29) is 28.6 Å². The van der Waals surface area contributed by atoms with Crippen LogP contribution >= 0.6 is 0 Å². The summed E-state index contributed by atoms with van der Waals surface area (Å²) in [6.07, 6.45) is 1.38. The van der Waals surface area contributed by atoms with Crippen LogP contribution in [0.4, 0.5) is 0 Å². The number of carbonyl (C=O) groups is 2. The van der Waals surface area contributed by atoms with Gasteiger partial charge in [-0.2, -0.15) is 4.99 Å². The summed E-state index contributed by atoms with van der Waals surface area (Å²) in [6, 6.07) is 10.1. The zero-order valence-electron chi connectivity index (χ0n) is 16.0. The van der Waals surface area contributed by atoms with Crippen LogP contribution in [-0.4, -0.2) is 34.1 Å². The zero-order valence-corrected chi connectivity index (χ0v) is 16.0. The standard InChI is InChI=1S/C21H20N2O5/c1-12(24)16(20(26)28-21(2,3)4)17-13-8-5-6-9-14(13)18(22-17)23-19(25)15-10-7-11-27-15/h5-11,24H,1-4H3/b16-12+,23-18?. The molecule has 7 heteroatoms. The van der Waals surface area contributed by atoms with Crippen LogP contribution in [0.5, 0.6) is 0 Å². The smallest absolute Gasteiger partial charge is 0.344 e. The van der Waals surface area contributed by atoms with Gasteiger partial charge in [0.2, 0.25) is 0 Å². The maximum atomic E-state index is 12.7. The molecule has 0 saturated heterocycles. The molecule has 0 saturated carbocycles. The summed E-state index contributed by atoms with van der Waals surface area (Å²) in [5, 5.41) is 10.2. The van der Waals surface area contributed by atoms with Crippen LogP contribution in [0.2, 0.25) is 0 Å². The number of hydrogen-bond acceptors (Lipinski definition) is 5. The Hall–Kier alpha value is -3.48. The second-order valence-corrected chi connectivity index (χ2v) is 7.19. The van der Waals surface area contributed by atoms with Crippen molar-refractivity contribution >= 4 is 23.4 Å². The molecular weight excluding hydrogens is 360 g/mol. The first-order valence-electron chi connectivity index (χ1n) is 8.66. The molecule has 2 aromatic rings. The lowest BCUT2D eigenvalue weighted by molar-refractivity contribution is -0.149. The van der Waals surface area contributed by atoms with Gasteiger partial charge in [0, 0.05) is 11.1 Å². The summed E-state index contributed by atoms with van der Waals surface area (Å²) < 4.78 is 10.5. The normalized spacial score (nSPS) is 15.7. The van der Waals surface area contributed by atoms with Gasteiger partial charge in [-0.25, -0.2) is 9.79 Å². The molecule has 1 aliphatic rings. The molecule has 1 amide bonds. The van der Waals surface area contributed by atoms with E-state index in [2.05, 4.69) is 9.98 Å². The minimum Gasteiger partial charge on any atom is -0.512 e. The van der Waals surface area contributed by atoms with Crippen molar-refractivity contribution in [2.75, 3.05) is 0 Å². The number of hydrogen-bond donors (Lipinski definition) is 1. The number of aliphatic imine (C=N–C) groups is 2. The molecule has 0 atom stereocenters. The third-order valence-electron chi connectivity index (χ3n) is 3.78. The van der Waals surface area contributed by atoms with Gasteiger partial charge in [0.25, 0.3) is 0 Å². The van der Waals surface area contributed by atoms with E-state index in [9.17, 15) is 14.7 Å². The summed E-state index contributed by atoms with van der Waals surface area (Å²) in [4.78, 5) is 33.4. The minimum atomic E-state index is -0.747. The molecule has 1 N–H and O–H groups in total. The van der Waals surface area contributed by atoms with Crippen molar-refractivity contribution in [1.29, 1.82) is 0 Å². The van der Waals surface area contributed by atoms with E-state index in [1.165, 1.54) is 19.3 Å². The number of ether oxygens (including phenoxy) is 1. The summed E-state index contributed by atoms with van der Waals surface area (Å²) >= 11 is 0. The topological polar surface area (TPSA) is 101 Å². The van der Waals surface area contributed by atoms with Crippen LogP contribution < -0.4 is 0 Å². The lowest BCUT2D eigenvalue weighted by Crippen LogP contribution is -2.28. The lowest BCUT2D eigenvalue weighted by atomic mass is 9.99. The predicted molar refractivity (Wildman–Crippen MR) is 104 cm³/mol. The number of nitrogens with zero attached hydrogens (tertiary/aromatic N) is 2. The Balaban J connectivity index is 2.08. The monoisotopic (exact) mass is 380 g/mol. The van der Waals surface area contributed by atoms with Crippen molar-refractivity contribution in [3.63, 3.8) is 0 Å². The Morgan fingerprint density at radius 1 is 1.11 bits per heavy atom. The van der Waals surface area contributed by atoms with Crippen molar-refractivity contribution in [1.82, 2.24) is 0 Å². The zero-order chi connectivity index (χ0) is 20.5. The van der Waals surface area contributed by atoms with Gasteiger partial charge in [-0.1, -0.05) is 24.3 Å². The van der Waals surface area contributed by atoms with Gasteiger partial charge < -0.3 is 14.3 Å². The van der Waals surface area contributed by atoms with Crippen molar-refractivity contribution in [3.05, 3.63) is 70.9 Å². The van der Waals surface area contributed by atoms with Gasteiger partial charge in [0.1, 0.15) is 16.9 Å². The number of carbonyl (C=O) groups excluding carboxylic acids is 2. The van der Waals surface area contributed by atoms with E-state index in [0.717, 1.165) is 0 Å². The molecule has 1 aromatic heterocycles. The number of rotatable bonds is 3. The Bertz CT molecular complexity index is 1020. The van der Waals surface area contributed by atoms with E-state index in [1.54, 1.807) is 51.1 Å². The maximum absolute atomic E-state index is 12.7. The van der Waals surface area contributed by atoms with Gasteiger partial charge in [-0.3, -0.25) is 4.79 Å². The molecule has 2 heterocycles. The first-order chi connectivity index (χ1) is 13.2. The fourth-order valence-corrected chi connectivity index (χ4v) is 2.68.